The van der Waals surface area contributed by atoms with Gasteiger partial charge in [0.1, 0.15) is 6.54 Å². The van der Waals surface area contributed by atoms with Crippen LogP contribution < -0.4 is 11.1 Å². The highest BCUT2D eigenvalue weighted by atomic mass is 19.4. The third-order valence-electron chi connectivity index (χ3n) is 5.02. The molecule has 1 aromatic rings. The van der Waals surface area contributed by atoms with Gasteiger partial charge in [0.2, 0.25) is 5.91 Å². The van der Waals surface area contributed by atoms with Crippen molar-refractivity contribution in [1.29, 1.82) is 0 Å². The number of nitrogens with two attached hydrogens (primary N) is 1. The van der Waals surface area contributed by atoms with E-state index < -0.39 is 12.7 Å². The number of nitrogens with zero attached hydrogens (tertiary/aromatic N) is 2. The number of nitrogens with one attached hydrogen (secondary N) is 1. The number of alkyl halides is 3. The second-order valence-corrected chi connectivity index (χ2v) is 6.70. The molecule has 2 fully saturated rings. The van der Waals surface area contributed by atoms with Crippen LogP contribution in [0.25, 0.3) is 0 Å². The van der Waals surface area contributed by atoms with Gasteiger partial charge in [0.25, 0.3) is 0 Å². The lowest BCUT2D eigenvalue weighted by molar-refractivity contribution is -0.142. The van der Waals surface area contributed by atoms with E-state index in [1.165, 1.54) is 18.7 Å². The molecule has 2 aliphatic rings. The van der Waals surface area contributed by atoms with E-state index in [-0.39, 0.29) is 23.7 Å². The first-order valence-electron chi connectivity index (χ1n) is 7.98. The van der Waals surface area contributed by atoms with Crippen LogP contribution in [0.5, 0.6) is 0 Å². The Hall–Kier alpha value is -1.57. The summed E-state index contributed by atoms with van der Waals surface area (Å²) in [5.74, 6) is 0.630. The molecule has 0 aliphatic heterocycles. The van der Waals surface area contributed by atoms with E-state index in [2.05, 4.69) is 10.4 Å². The van der Waals surface area contributed by atoms with E-state index in [1.54, 1.807) is 0 Å². The maximum absolute atomic E-state index is 12.4. The van der Waals surface area contributed by atoms with Crippen LogP contribution >= 0.6 is 0 Å². The lowest BCUT2D eigenvalue weighted by Crippen LogP contribution is -2.48. The Kier molecular flexibility index (Phi) is 4.35. The average Bonchev–Trinajstić information content (AvgIpc) is 2.83. The Morgan fingerprint density at radius 3 is 2.61 bits per heavy atom. The number of amides is 1. The molecule has 3 rings (SSSR count). The molecule has 2 unspecified atom stereocenters. The summed E-state index contributed by atoms with van der Waals surface area (Å²) in [6, 6.07) is 1.57. The number of hydrogen-bond acceptors (Lipinski definition) is 3. The van der Waals surface area contributed by atoms with Gasteiger partial charge in [-0.3, -0.25) is 9.48 Å². The number of aromatic nitrogens is 2. The zero-order valence-electron chi connectivity index (χ0n) is 12.7. The molecule has 23 heavy (non-hydrogen) atoms. The maximum Gasteiger partial charge on any atom is 0.408 e. The van der Waals surface area contributed by atoms with E-state index in [9.17, 15) is 18.0 Å². The molecule has 1 heterocycles. The molecule has 5 nitrogen and oxygen atoms in total. The van der Waals surface area contributed by atoms with Crippen molar-refractivity contribution in [3.63, 3.8) is 0 Å². The highest BCUT2D eigenvalue weighted by Crippen LogP contribution is 2.42. The summed E-state index contributed by atoms with van der Waals surface area (Å²) in [5, 5.41) is 6.40. The summed E-state index contributed by atoms with van der Waals surface area (Å²) in [7, 11) is 0. The Morgan fingerprint density at radius 2 is 2.00 bits per heavy atom. The van der Waals surface area contributed by atoms with Crippen molar-refractivity contribution in [1.82, 2.24) is 9.78 Å². The first kappa shape index (κ1) is 16.3. The summed E-state index contributed by atoms with van der Waals surface area (Å²) in [6.45, 7) is -1.16. The van der Waals surface area contributed by atoms with Crippen LogP contribution in [0.4, 0.5) is 19.0 Å². The standard InChI is InChI=1S/C15H21F3N4O/c16-15(17,18)8-22-5-4-12(21-22)20-14(23)11-6-9-2-1-3-10(7-11)13(9)19/h4-5,9-11,13H,1-3,6-8,19H2,(H,20,21,23). The number of hydrogen-bond donors (Lipinski definition) is 2. The van der Waals surface area contributed by atoms with Crippen LogP contribution in [0.2, 0.25) is 0 Å². The van der Waals surface area contributed by atoms with E-state index in [1.807, 2.05) is 0 Å². The third-order valence-corrected chi connectivity index (χ3v) is 5.02. The van der Waals surface area contributed by atoms with Gasteiger partial charge in [-0.15, -0.1) is 0 Å². The molecule has 0 saturated heterocycles. The molecule has 1 aromatic heterocycles. The second-order valence-electron chi connectivity index (χ2n) is 6.70. The van der Waals surface area contributed by atoms with E-state index in [0.29, 0.717) is 11.8 Å². The molecule has 2 bridgehead atoms. The first-order chi connectivity index (χ1) is 10.8. The number of carbonyl (C=O) groups is 1. The van der Waals surface area contributed by atoms with Gasteiger partial charge in [0.05, 0.1) is 0 Å². The molecule has 0 spiro atoms. The van der Waals surface area contributed by atoms with E-state index in [0.717, 1.165) is 30.4 Å². The molecule has 128 valence electrons. The third kappa shape index (κ3) is 3.85. The predicted octanol–water partition coefficient (Wildman–Crippen LogP) is 2.54. The largest absolute Gasteiger partial charge is 0.408 e. The van der Waals surface area contributed by atoms with Crippen LogP contribution in [-0.4, -0.2) is 27.9 Å². The topological polar surface area (TPSA) is 72.9 Å². The van der Waals surface area contributed by atoms with Gasteiger partial charge in [-0.25, -0.2) is 0 Å². The molecule has 0 aromatic carbocycles. The minimum absolute atomic E-state index is 0.127. The lowest BCUT2D eigenvalue weighted by atomic mass is 9.65. The first-order valence-corrected chi connectivity index (χ1v) is 7.98. The molecular formula is C15H21F3N4O. The predicted molar refractivity (Wildman–Crippen MR) is 78.4 cm³/mol. The van der Waals surface area contributed by atoms with Crippen molar-refractivity contribution in [2.45, 2.75) is 50.9 Å². The van der Waals surface area contributed by atoms with Gasteiger partial charge in [-0.2, -0.15) is 18.3 Å². The van der Waals surface area contributed by atoms with E-state index in [4.69, 9.17) is 5.73 Å². The van der Waals surface area contributed by atoms with Gasteiger partial charge in [-0.1, -0.05) is 6.42 Å². The summed E-state index contributed by atoms with van der Waals surface area (Å²) < 4.78 is 37.7. The Morgan fingerprint density at radius 1 is 1.35 bits per heavy atom. The molecule has 2 atom stereocenters. The van der Waals surface area contributed by atoms with Gasteiger partial charge >= 0.3 is 6.18 Å². The van der Waals surface area contributed by atoms with Gasteiger partial charge in [0.15, 0.2) is 5.82 Å². The molecule has 2 saturated carbocycles. The summed E-state index contributed by atoms with van der Waals surface area (Å²) in [4.78, 5) is 12.4. The maximum atomic E-state index is 12.4. The SMILES string of the molecule is NC1C2CCCC1CC(C(=O)Nc1ccn(CC(F)(F)F)n1)C2. The molecule has 0 radical (unpaired) electrons. The van der Waals surface area contributed by atoms with Crippen LogP contribution in [0.1, 0.15) is 32.1 Å². The molecule has 3 N–H and O–H groups in total. The van der Waals surface area contributed by atoms with Gasteiger partial charge in [-0.05, 0) is 37.5 Å². The van der Waals surface area contributed by atoms with Crippen molar-refractivity contribution < 1.29 is 18.0 Å². The Bertz CT molecular complexity index is 557. The second kappa shape index (κ2) is 6.14. The summed E-state index contributed by atoms with van der Waals surface area (Å²) in [6.07, 6.45) is 1.68. The van der Waals surface area contributed by atoms with Crippen LogP contribution in [-0.2, 0) is 11.3 Å². The minimum atomic E-state index is -4.33. The molecule has 8 heteroatoms. The fourth-order valence-electron chi connectivity index (χ4n) is 3.93. The lowest BCUT2D eigenvalue weighted by Gasteiger charge is -2.43. The smallest absolute Gasteiger partial charge is 0.327 e. The van der Waals surface area contributed by atoms with E-state index >= 15 is 0 Å². The fourth-order valence-corrected chi connectivity index (χ4v) is 3.93. The van der Waals surface area contributed by atoms with Crippen LogP contribution in [0, 0.1) is 17.8 Å². The average molecular weight is 330 g/mol. The molecule has 1 amide bonds. The Balaban J connectivity index is 1.59. The zero-order chi connectivity index (χ0) is 16.6. The number of carbonyl (C=O) groups excluding carboxylic acids is 1. The quantitative estimate of drug-likeness (QED) is 0.894. The van der Waals surface area contributed by atoms with Gasteiger partial charge < -0.3 is 11.1 Å². The normalized spacial score (nSPS) is 31.0. The van der Waals surface area contributed by atoms with Crippen LogP contribution in [0.3, 0.4) is 0 Å². The number of fused-ring (bicyclic) bond motifs is 2. The molecular weight excluding hydrogens is 309 g/mol. The highest BCUT2D eigenvalue weighted by Gasteiger charge is 2.40. The van der Waals surface area contributed by atoms with Crippen molar-refractivity contribution in [2.24, 2.45) is 23.5 Å². The van der Waals surface area contributed by atoms with Crippen molar-refractivity contribution in [3.05, 3.63) is 12.3 Å². The van der Waals surface area contributed by atoms with Crippen molar-refractivity contribution in [3.8, 4) is 0 Å². The van der Waals surface area contributed by atoms with Crippen molar-refractivity contribution in [2.75, 3.05) is 5.32 Å². The van der Waals surface area contributed by atoms with Crippen LogP contribution in [0.15, 0.2) is 12.3 Å². The summed E-state index contributed by atoms with van der Waals surface area (Å²) in [5.41, 5.74) is 6.21. The summed E-state index contributed by atoms with van der Waals surface area (Å²) >= 11 is 0. The zero-order valence-corrected chi connectivity index (χ0v) is 12.7. The number of anilines is 1. The highest BCUT2D eigenvalue weighted by molar-refractivity contribution is 5.91. The number of rotatable bonds is 3. The number of halogens is 3. The minimum Gasteiger partial charge on any atom is -0.327 e. The Labute approximate surface area is 132 Å². The fraction of sp³-hybridized carbons (Fsp3) is 0.733. The monoisotopic (exact) mass is 330 g/mol. The van der Waals surface area contributed by atoms with Crippen molar-refractivity contribution >= 4 is 11.7 Å². The van der Waals surface area contributed by atoms with Gasteiger partial charge in [0, 0.05) is 24.2 Å². The molecule has 2 aliphatic carbocycles.